The molecule has 1 unspecified atom stereocenters. The van der Waals surface area contributed by atoms with Gasteiger partial charge in [0.05, 0.1) is 6.61 Å². The molecule has 2 amide bonds. The van der Waals surface area contributed by atoms with Gasteiger partial charge in [-0.1, -0.05) is 26.0 Å². The maximum atomic E-state index is 12.2. The van der Waals surface area contributed by atoms with Crippen LogP contribution in [0.3, 0.4) is 0 Å². The lowest BCUT2D eigenvalue weighted by Gasteiger charge is -2.13. The van der Waals surface area contributed by atoms with Gasteiger partial charge in [-0.2, -0.15) is 0 Å². The molecule has 5 nitrogen and oxygen atoms in total. The average Bonchev–Trinajstić information content (AvgIpc) is 2.69. The van der Waals surface area contributed by atoms with E-state index in [0.717, 1.165) is 29.0 Å². The molecule has 0 aliphatic heterocycles. The fraction of sp³-hybridized carbons (Fsp3) is 0.409. The molecule has 0 aliphatic carbocycles. The van der Waals surface area contributed by atoms with Crippen LogP contribution in [0.2, 0.25) is 0 Å². The van der Waals surface area contributed by atoms with Crippen molar-refractivity contribution in [1.29, 1.82) is 0 Å². The molecular weight excluding hydrogens is 372 g/mol. The molecule has 2 aromatic rings. The summed E-state index contributed by atoms with van der Waals surface area (Å²) in [6, 6.07) is 13.6. The fourth-order valence-electron chi connectivity index (χ4n) is 2.46. The van der Waals surface area contributed by atoms with E-state index >= 15 is 0 Å². The Morgan fingerprint density at radius 3 is 2.54 bits per heavy atom. The standard InChI is InChI=1S/C22H30N2O3S/c1-5-17(3)28-20-10-11-21(16(2)14-20)24-22(25)23-15-18-6-8-19(9-7-18)27-13-12-26-4/h6-11,14,17H,5,12-13,15H2,1-4H3,(H2,23,24,25). The van der Waals surface area contributed by atoms with Gasteiger partial charge >= 0.3 is 6.03 Å². The quantitative estimate of drug-likeness (QED) is 0.422. The van der Waals surface area contributed by atoms with Gasteiger partial charge in [0.25, 0.3) is 0 Å². The third kappa shape index (κ3) is 7.44. The SMILES string of the molecule is CCC(C)Sc1ccc(NC(=O)NCc2ccc(OCCOC)cc2)c(C)c1. The molecule has 0 saturated carbocycles. The van der Waals surface area contributed by atoms with Crippen molar-refractivity contribution in [2.45, 2.75) is 43.9 Å². The zero-order chi connectivity index (χ0) is 20.4. The van der Waals surface area contributed by atoms with Gasteiger partial charge in [0.2, 0.25) is 0 Å². The largest absolute Gasteiger partial charge is 0.491 e. The Labute approximate surface area is 172 Å². The van der Waals surface area contributed by atoms with E-state index in [1.54, 1.807) is 7.11 Å². The lowest BCUT2D eigenvalue weighted by molar-refractivity contribution is 0.146. The van der Waals surface area contributed by atoms with Crippen molar-refractivity contribution in [3.8, 4) is 5.75 Å². The number of hydrogen-bond donors (Lipinski definition) is 2. The van der Waals surface area contributed by atoms with Crippen LogP contribution in [0.4, 0.5) is 10.5 Å². The molecular formula is C22H30N2O3S. The van der Waals surface area contributed by atoms with Gasteiger partial charge in [-0.25, -0.2) is 4.79 Å². The third-order valence-electron chi connectivity index (χ3n) is 4.29. The first-order chi connectivity index (χ1) is 13.5. The highest BCUT2D eigenvalue weighted by atomic mass is 32.2. The van der Waals surface area contributed by atoms with E-state index in [4.69, 9.17) is 9.47 Å². The van der Waals surface area contributed by atoms with E-state index in [1.165, 1.54) is 4.90 Å². The number of thioether (sulfide) groups is 1. The summed E-state index contributed by atoms with van der Waals surface area (Å²) in [6.45, 7) is 7.94. The van der Waals surface area contributed by atoms with E-state index in [-0.39, 0.29) is 6.03 Å². The summed E-state index contributed by atoms with van der Waals surface area (Å²) in [5.74, 6) is 0.788. The van der Waals surface area contributed by atoms with Gasteiger partial charge < -0.3 is 20.1 Å². The molecule has 0 fully saturated rings. The summed E-state index contributed by atoms with van der Waals surface area (Å²) in [7, 11) is 1.64. The number of amides is 2. The average molecular weight is 403 g/mol. The molecule has 2 rings (SSSR count). The predicted octanol–water partition coefficient (Wildman–Crippen LogP) is 5.23. The number of nitrogens with one attached hydrogen (secondary N) is 2. The molecule has 1 atom stereocenters. The highest BCUT2D eigenvalue weighted by molar-refractivity contribution is 7.99. The molecule has 0 aromatic heterocycles. The van der Waals surface area contributed by atoms with Crippen molar-refractivity contribution < 1.29 is 14.3 Å². The number of hydrogen-bond acceptors (Lipinski definition) is 4. The second-order valence-corrected chi connectivity index (χ2v) is 8.12. The topological polar surface area (TPSA) is 59.6 Å². The van der Waals surface area contributed by atoms with Gasteiger partial charge in [0.1, 0.15) is 12.4 Å². The molecule has 0 heterocycles. The van der Waals surface area contributed by atoms with Gasteiger partial charge in [0, 0.05) is 29.5 Å². The van der Waals surface area contributed by atoms with Crippen LogP contribution in [0.25, 0.3) is 0 Å². The molecule has 2 aromatic carbocycles. The van der Waals surface area contributed by atoms with Gasteiger partial charge in [0.15, 0.2) is 0 Å². The molecule has 28 heavy (non-hydrogen) atoms. The van der Waals surface area contributed by atoms with Crippen LogP contribution in [0.5, 0.6) is 5.75 Å². The molecule has 0 radical (unpaired) electrons. The van der Waals surface area contributed by atoms with Crippen molar-refractivity contribution in [3.05, 3.63) is 53.6 Å². The number of urea groups is 1. The Balaban J connectivity index is 1.82. The first-order valence-electron chi connectivity index (χ1n) is 9.54. The van der Waals surface area contributed by atoms with Crippen LogP contribution in [0.1, 0.15) is 31.4 Å². The number of ether oxygens (including phenoxy) is 2. The summed E-state index contributed by atoms with van der Waals surface area (Å²) in [4.78, 5) is 13.4. The minimum absolute atomic E-state index is 0.217. The number of anilines is 1. The number of rotatable bonds is 10. The van der Waals surface area contributed by atoms with Crippen LogP contribution < -0.4 is 15.4 Å². The highest BCUT2D eigenvalue weighted by Gasteiger charge is 2.07. The summed E-state index contributed by atoms with van der Waals surface area (Å²) < 4.78 is 10.5. The minimum Gasteiger partial charge on any atom is -0.491 e. The van der Waals surface area contributed by atoms with Crippen LogP contribution in [0.15, 0.2) is 47.4 Å². The van der Waals surface area contributed by atoms with Crippen molar-refractivity contribution in [2.24, 2.45) is 0 Å². The van der Waals surface area contributed by atoms with Gasteiger partial charge in [-0.3, -0.25) is 0 Å². The maximum absolute atomic E-state index is 12.2. The monoisotopic (exact) mass is 402 g/mol. The van der Waals surface area contributed by atoms with Crippen LogP contribution in [0, 0.1) is 6.92 Å². The summed E-state index contributed by atoms with van der Waals surface area (Å²) >= 11 is 1.85. The summed E-state index contributed by atoms with van der Waals surface area (Å²) in [5.41, 5.74) is 2.89. The Morgan fingerprint density at radius 2 is 1.89 bits per heavy atom. The molecule has 2 N–H and O–H groups in total. The van der Waals surface area contributed by atoms with E-state index in [9.17, 15) is 4.79 Å². The number of methoxy groups -OCH3 is 1. The Morgan fingerprint density at radius 1 is 1.14 bits per heavy atom. The molecule has 6 heteroatoms. The smallest absolute Gasteiger partial charge is 0.319 e. The van der Waals surface area contributed by atoms with E-state index < -0.39 is 0 Å². The summed E-state index contributed by atoms with van der Waals surface area (Å²) in [6.07, 6.45) is 1.13. The van der Waals surface area contributed by atoms with Crippen molar-refractivity contribution >= 4 is 23.5 Å². The van der Waals surface area contributed by atoms with Gasteiger partial charge in [-0.05, 0) is 54.8 Å². The molecule has 0 spiro atoms. The van der Waals surface area contributed by atoms with E-state index in [0.29, 0.717) is 25.0 Å². The molecule has 0 aliphatic rings. The number of benzene rings is 2. The highest BCUT2D eigenvalue weighted by Crippen LogP contribution is 2.28. The van der Waals surface area contributed by atoms with Crippen LogP contribution in [-0.4, -0.2) is 31.6 Å². The van der Waals surface area contributed by atoms with Gasteiger partial charge in [-0.15, -0.1) is 11.8 Å². The maximum Gasteiger partial charge on any atom is 0.319 e. The fourth-order valence-corrected chi connectivity index (χ4v) is 3.48. The van der Waals surface area contributed by atoms with E-state index in [2.05, 4.69) is 36.6 Å². The third-order valence-corrected chi connectivity index (χ3v) is 5.55. The number of aryl methyl sites for hydroxylation is 1. The van der Waals surface area contributed by atoms with Crippen molar-refractivity contribution in [3.63, 3.8) is 0 Å². The van der Waals surface area contributed by atoms with E-state index in [1.807, 2.05) is 49.0 Å². The Bertz CT molecular complexity index is 750. The minimum atomic E-state index is -0.217. The molecule has 0 saturated heterocycles. The zero-order valence-electron chi connectivity index (χ0n) is 17.1. The second kappa shape index (κ2) is 11.6. The van der Waals surface area contributed by atoms with Crippen LogP contribution in [-0.2, 0) is 11.3 Å². The normalized spacial score (nSPS) is 11.7. The molecule has 152 valence electrons. The van der Waals surface area contributed by atoms with Crippen LogP contribution >= 0.6 is 11.8 Å². The lowest BCUT2D eigenvalue weighted by atomic mass is 10.2. The Hall–Kier alpha value is -2.18. The number of carbonyl (C=O) groups is 1. The summed E-state index contributed by atoms with van der Waals surface area (Å²) in [5, 5.41) is 6.39. The van der Waals surface area contributed by atoms with Crippen molar-refractivity contribution in [1.82, 2.24) is 5.32 Å². The second-order valence-electron chi connectivity index (χ2n) is 6.61. The van der Waals surface area contributed by atoms with Crippen molar-refractivity contribution in [2.75, 3.05) is 25.6 Å². The lowest BCUT2D eigenvalue weighted by Crippen LogP contribution is -2.28. The zero-order valence-corrected chi connectivity index (χ0v) is 17.9. The first kappa shape index (κ1) is 22.1. The molecule has 0 bridgehead atoms. The Kier molecular flexibility index (Phi) is 9.17. The number of carbonyl (C=O) groups excluding carboxylic acids is 1. The predicted molar refractivity (Wildman–Crippen MR) is 116 cm³/mol. The first-order valence-corrected chi connectivity index (χ1v) is 10.4.